The quantitative estimate of drug-likeness (QED) is 0.414. The summed E-state index contributed by atoms with van der Waals surface area (Å²) in [5, 5.41) is 6.56. The fourth-order valence-electron chi connectivity index (χ4n) is 2.50. The maximum atomic E-state index is 5.76. The molecule has 1 aromatic carbocycles. The van der Waals surface area contributed by atoms with Gasteiger partial charge < -0.3 is 19.7 Å². The Morgan fingerprint density at radius 2 is 2.19 bits per heavy atom. The van der Waals surface area contributed by atoms with E-state index >= 15 is 0 Å². The summed E-state index contributed by atoms with van der Waals surface area (Å²) in [6.07, 6.45) is 0.881. The molecule has 0 unspecified atom stereocenters. The molecule has 7 heteroatoms. The van der Waals surface area contributed by atoms with Gasteiger partial charge in [-0.15, -0.1) is 11.3 Å². The van der Waals surface area contributed by atoms with E-state index in [1.165, 1.54) is 0 Å². The highest BCUT2D eigenvalue weighted by Crippen LogP contribution is 2.14. The van der Waals surface area contributed by atoms with Gasteiger partial charge in [0.25, 0.3) is 0 Å². The second-order valence-corrected chi connectivity index (χ2v) is 7.02. The van der Waals surface area contributed by atoms with Gasteiger partial charge in [0.15, 0.2) is 5.96 Å². The largest absolute Gasteiger partial charge is 0.493 e. The molecular weight excluding hydrogens is 348 g/mol. The molecule has 0 amide bonds. The predicted octanol–water partition coefficient (Wildman–Crippen LogP) is 3.07. The van der Waals surface area contributed by atoms with Gasteiger partial charge in [-0.25, -0.2) is 4.98 Å². The first-order valence-corrected chi connectivity index (χ1v) is 9.53. The molecule has 0 aliphatic rings. The molecule has 0 spiro atoms. The van der Waals surface area contributed by atoms with Crippen LogP contribution in [0.15, 0.2) is 34.6 Å². The minimum absolute atomic E-state index is 0.655. The van der Waals surface area contributed by atoms with Crippen LogP contribution in [0.4, 0.5) is 0 Å². The zero-order chi connectivity index (χ0) is 18.8. The summed E-state index contributed by atoms with van der Waals surface area (Å²) in [5.41, 5.74) is 2.21. The third kappa shape index (κ3) is 6.65. The van der Waals surface area contributed by atoms with Crippen molar-refractivity contribution in [3.63, 3.8) is 0 Å². The number of aromatic nitrogens is 1. The third-order valence-electron chi connectivity index (χ3n) is 3.75. The molecular formula is C19H28N4O2S. The Morgan fingerprint density at radius 3 is 2.88 bits per heavy atom. The average Bonchev–Trinajstić information content (AvgIpc) is 3.04. The first-order valence-electron chi connectivity index (χ1n) is 8.66. The number of nitrogens with one attached hydrogen (secondary N) is 1. The van der Waals surface area contributed by atoms with Crippen LogP contribution in [0, 0.1) is 6.92 Å². The van der Waals surface area contributed by atoms with E-state index in [-0.39, 0.29) is 0 Å². The van der Waals surface area contributed by atoms with Gasteiger partial charge in [0.1, 0.15) is 5.75 Å². The van der Waals surface area contributed by atoms with Gasteiger partial charge >= 0.3 is 0 Å². The van der Waals surface area contributed by atoms with Crippen LogP contribution in [0.3, 0.4) is 0 Å². The van der Waals surface area contributed by atoms with E-state index in [2.05, 4.69) is 37.7 Å². The summed E-state index contributed by atoms with van der Waals surface area (Å²) in [7, 11) is 5.51. The van der Waals surface area contributed by atoms with Gasteiger partial charge in [0, 0.05) is 46.2 Å². The highest BCUT2D eigenvalue weighted by Gasteiger charge is 2.09. The van der Waals surface area contributed by atoms with E-state index in [0.717, 1.165) is 40.9 Å². The fourth-order valence-corrected chi connectivity index (χ4v) is 3.11. The Balaban J connectivity index is 1.85. The monoisotopic (exact) mass is 376 g/mol. The molecule has 142 valence electrons. The standard InChI is InChI=1S/C19H28N4O2S/c1-15-22-17(14-26-15)13-23(3)19(20-2)21-12-16-7-5-8-18(11-16)25-10-6-9-24-4/h5,7-8,11,14H,6,9-10,12-13H2,1-4H3,(H,20,21). The van der Waals surface area contributed by atoms with E-state index in [9.17, 15) is 0 Å². The third-order valence-corrected chi connectivity index (χ3v) is 4.57. The van der Waals surface area contributed by atoms with Gasteiger partial charge in [-0.05, 0) is 24.6 Å². The topological polar surface area (TPSA) is 59.0 Å². The molecule has 0 saturated heterocycles. The number of hydrogen-bond acceptors (Lipinski definition) is 5. The number of ether oxygens (including phenoxy) is 2. The summed E-state index contributed by atoms with van der Waals surface area (Å²) in [4.78, 5) is 10.9. The summed E-state index contributed by atoms with van der Waals surface area (Å²) >= 11 is 1.67. The fraction of sp³-hybridized carbons (Fsp3) is 0.474. The minimum Gasteiger partial charge on any atom is -0.493 e. The molecule has 1 heterocycles. The lowest BCUT2D eigenvalue weighted by Crippen LogP contribution is -2.38. The summed E-state index contributed by atoms with van der Waals surface area (Å²) in [5.74, 6) is 1.71. The first kappa shape index (κ1) is 20.2. The van der Waals surface area contributed by atoms with Crippen molar-refractivity contribution in [1.29, 1.82) is 0 Å². The zero-order valence-electron chi connectivity index (χ0n) is 16.0. The maximum absolute atomic E-state index is 5.76. The molecule has 0 fully saturated rings. The Morgan fingerprint density at radius 1 is 1.35 bits per heavy atom. The summed E-state index contributed by atoms with van der Waals surface area (Å²) in [6, 6.07) is 8.11. The zero-order valence-corrected chi connectivity index (χ0v) is 16.8. The van der Waals surface area contributed by atoms with Crippen LogP contribution in [0.1, 0.15) is 22.7 Å². The van der Waals surface area contributed by atoms with Crippen LogP contribution >= 0.6 is 11.3 Å². The Labute approximate surface area is 159 Å². The number of aryl methyl sites for hydroxylation is 1. The number of benzene rings is 1. The van der Waals surface area contributed by atoms with Crippen LogP contribution in [0.5, 0.6) is 5.75 Å². The van der Waals surface area contributed by atoms with Gasteiger partial charge in [-0.2, -0.15) is 0 Å². The summed E-state index contributed by atoms with van der Waals surface area (Å²) in [6.45, 7) is 4.80. The Bertz CT molecular complexity index is 702. The lowest BCUT2D eigenvalue weighted by atomic mass is 10.2. The van der Waals surface area contributed by atoms with Crippen LogP contribution in [0.25, 0.3) is 0 Å². The van der Waals surface area contributed by atoms with Crippen molar-refractivity contribution in [3.05, 3.63) is 45.9 Å². The molecule has 2 rings (SSSR count). The number of rotatable bonds is 9. The average molecular weight is 377 g/mol. The van der Waals surface area contributed by atoms with E-state index in [1.807, 2.05) is 26.1 Å². The predicted molar refractivity (Wildman–Crippen MR) is 107 cm³/mol. The second-order valence-electron chi connectivity index (χ2n) is 5.96. The molecule has 6 nitrogen and oxygen atoms in total. The normalized spacial score (nSPS) is 11.5. The maximum Gasteiger partial charge on any atom is 0.194 e. The molecule has 0 bridgehead atoms. The van der Waals surface area contributed by atoms with Crippen molar-refractivity contribution >= 4 is 17.3 Å². The van der Waals surface area contributed by atoms with Crippen LogP contribution in [-0.2, 0) is 17.8 Å². The van der Waals surface area contributed by atoms with E-state index in [1.54, 1.807) is 25.5 Å². The van der Waals surface area contributed by atoms with Gasteiger partial charge in [0.05, 0.1) is 23.9 Å². The number of guanidine groups is 1. The number of hydrogen-bond donors (Lipinski definition) is 1. The van der Waals surface area contributed by atoms with Gasteiger partial charge in [-0.1, -0.05) is 12.1 Å². The van der Waals surface area contributed by atoms with Crippen molar-refractivity contribution in [2.24, 2.45) is 4.99 Å². The molecule has 0 aliphatic heterocycles. The molecule has 0 atom stereocenters. The van der Waals surface area contributed by atoms with Gasteiger partial charge in [-0.3, -0.25) is 4.99 Å². The smallest absolute Gasteiger partial charge is 0.194 e. The second kappa shape index (κ2) is 10.8. The molecule has 0 saturated carbocycles. The molecule has 0 aliphatic carbocycles. The van der Waals surface area contributed by atoms with Crippen molar-refractivity contribution < 1.29 is 9.47 Å². The molecule has 1 N–H and O–H groups in total. The van der Waals surface area contributed by atoms with Crippen molar-refractivity contribution in [1.82, 2.24) is 15.2 Å². The highest BCUT2D eigenvalue weighted by molar-refractivity contribution is 7.09. The van der Waals surface area contributed by atoms with E-state index in [0.29, 0.717) is 19.8 Å². The number of methoxy groups -OCH3 is 1. The number of nitrogens with zero attached hydrogens (tertiary/aromatic N) is 3. The number of thiazole rings is 1. The van der Waals surface area contributed by atoms with Crippen LogP contribution < -0.4 is 10.1 Å². The van der Waals surface area contributed by atoms with E-state index in [4.69, 9.17) is 9.47 Å². The highest BCUT2D eigenvalue weighted by atomic mass is 32.1. The Hall–Kier alpha value is -2.12. The Kier molecular flexibility index (Phi) is 8.37. The van der Waals surface area contributed by atoms with Crippen molar-refractivity contribution in [2.75, 3.05) is 34.4 Å². The lowest BCUT2D eigenvalue weighted by Gasteiger charge is -2.21. The molecule has 2 aromatic rings. The molecule has 26 heavy (non-hydrogen) atoms. The van der Waals surface area contributed by atoms with E-state index < -0.39 is 0 Å². The van der Waals surface area contributed by atoms with Crippen LogP contribution in [0.2, 0.25) is 0 Å². The lowest BCUT2D eigenvalue weighted by molar-refractivity contribution is 0.172. The van der Waals surface area contributed by atoms with Crippen molar-refractivity contribution in [3.8, 4) is 5.75 Å². The molecule has 0 radical (unpaired) electrons. The SMILES string of the molecule is CN=C(NCc1cccc(OCCCOC)c1)N(C)Cc1csc(C)n1. The van der Waals surface area contributed by atoms with Crippen molar-refractivity contribution in [2.45, 2.75) is 26.4 Å². The van der Waals surface area contributed by atoms with Gasteiger partial charge in [0.2, 0.25) is 0 Å². The number of aliphatic imine (C=N–C) groups is 1. The summed E-state index contributed by atoms with van der Waals surface area (Å²) < 4.78 is 10.8. The minimum atomic E-state index is 0.655. The first-order chi connectivity index (χ1) is 12.6. The van der Waals surface area contributed by atoms with Crippen LogP contribution in [-0.4, -0.2) is 50.3 Å². The molecule has 1 aromatic heterocycles.